The smallest absolute Gasteiger partial charge is 0.0619 e. The second-order valence-corrected chi connectivity index (χ2v) is 5.10. The number of hydrogen-bond donors (Lipinski definition) is 1. The molecule has 1 aromatic heterocycles. The Kier molecular flexibility index (Phi) is 4.72. The number of aromatic nitrogens is 1. The van der Waals surface area contributed by atoms with Crippen molar-refractivity contribution in [1.82, 2.24) is 10.3 Å². The van der Waals surface area contributed by atoms with Gasteiger partial charge < -0.3 is 10.1 Å². The Morgan fingerprint density at radius 2 is 2.28 bits per heavy atom. The lowest BCUT2D eigenvalue weighted by atomic mass is 9.87. The molecule has 2 rings (SSSR count). The highest BCUT2D eigenvalue weighted by Gasteiger charge is 2.34. The topological polar surface area (TPSA) is 34.2 Å². The van der Waals surface area contributed by atoms with Crippen molar-refractivity contribution < 1.29 is 4.74 Å². The number of rotatable bonds is 5. The summed E-state index contributed by atoms with van der Waals surface area (Å²) >= 11 is 0. The first-order chi connectivity index (χ1) is 8.76. The van der Waals surface area contributed by atoms with Crippen molar-refractivity contribution in [3.05, 3.63) is 29.6 Å². The Labute approximate surface area is 110 Å². The van der Waals surface area contributed by atoms with Gasteiger partial charge in [-0.1, -0.05) is 19.9 Å². The van der Waals surface area contributed by atoms with Gasteiger partial charge in [-0.2, -0.15) is 0 Å². The first kappa shape index (κ1) is 13.5. The lowest BCUT2D eigenvalue weighted by Crippen LogP contribution is -2.32. The summed E-state index contributed by atoms with van der Waals surface area (Å²) in [5, 5.41) is 3.61. The van der Waals surface area contributed by atoms with Gasteiger partial charge in [0.1, 0.15) is 0 Å². The molecule has 0 saturated carbocycles. The van der Waals surface area contributed by atoms with Gasteiger partial charge in [0.25, 0.3) is 0 Å². The van der Waals surface area contributed by atoms with E-state index in [4.69, 9.17) is 4.74 Å². The van der Waals surface area contributed by atoms with Gasteiger partial charge in [0.15, 0.2) is 0 Å². The zero-order chi connectivity index (χ0) is 13.0. The highest BCUT2D eigenvalue weighted by atomic mass is 16.5. The molecule has 1 N–H and O–H groups in total. The Hall–Kier alpha value is -0.930. The predicted molar refractivity (Wildman–Crippen MR) is 73.5 cm³/mol. The molecule has 1 aliphatic heterocycles. The molecule has 3 atom stereocenters. The van der Waals surface area contributed by atoms with Gasteiger partial charge in [-0.3, -0.25) is 4.98 Å². The largest absolute Gasteiger partial charge is 0.378 e. The first-order valence-electron chi connectivity index (χ1n) is 7.02. The Balaban J connectivity index is 2.22. The van der Waals surface area contributed by atoms with Crippen LogP contribution in [0.15, 0.2) is 18.5 Å². The highest BCUT2D eigenvalue weighted by molar-refractivity contribution is 5.21. The summed E-state index contributed by atoms with van der Waals surface area (Å²) in [5.74, 6) is 0.568. The van der Waals surface area contributed by atoms with E-state index < -0.39 is 0 Å². The van der Waals surface area contributed by atoms with Crippen molar-refractivity contribution in [2.45, 2.75) is 45.8 Å². The van der Waals surface area contributed by atoms with Crippen molar-refractivity contribution in [3.8, 4) is 0 Å². The number of nitrogens with zero attached hydrogens (tertiary/aromatic N) is 1. The lowest BCUT2D eigenvalue weighted by Gasteiger charge is -2.28. The van der Waals surface area contributed by atoms with E-state index in [-0.39, 0.29) is 0 Å². The van der Waals surface area contributed by atoms with Crippen LogP contribution in [0.25, 0.3) is 0 Å². The van der Waals surface area contributed by atoms with Crippen LogP contribution in [-0.4, -0.2) is 24.2 Å². The van der Waals surface area contributed by atoms with Crippen LogP contribution in [0.4, 0.5) is 0 Å². The maximum Gasteiger partial charge on any atom is 0.0619 e. The highest BCUT2D eigenvalue weighted by Crippen LogP contribution is 2.34. The predicted octanol–water partition coefficient (Wildman–Crippen LogP) is 2.86. The average molecular weight is 248 g/mol. The van der Waals surface area contributed by atoms with Crippen LogP contribution < -0.4 is 5.32 Å². The molecule has 3 heteroatoms. The standard InChI is InChI=1S/C15H24N2O/c1-4-14-13(6-7-18-14)15(17-5-2)12-8-11(3)9-16-10-12/h8-10,13-15,17H,4-7H2,1-3H3. The third-order valence-corrected chi connectivity index (χ3v) is 3.77. The van der Waals surface area contributed by atoms with Crippen molar-refractivity contribution in [2.75, 3.05) is 13.2 Å². The van der Waals surface area contributed by atoms with Crippen LogP contribution in [0.5, 0.6) is 0 Å². The SMILES string of the molecule is CCNC(c1cncc(C)c1)C1CCOC1CC. The molecule has 1 fully saturated rings. The third-order valence-electron chi connectivity index (χ3n) is 3.77. The zero-order valence-electron chi connectivity index (χ0n) is 11.6. The zero-order valence-corrected chi connectivity index (χ0v) is 11.6. The fourth-order valence-corrected chi connectivity index (χ4v) is 2.95. The van der Waals surface area contributed by atoms with E-state index >= 15 is 0 Å². The fourth-order valence-electron chi connectivity index (χ4n) is 2.95. The molecule has 3 unspecified atom stereocenters. The number of ether oxygens (including phenoxy) is 1. The minimum atomic E-state index is 0.370. The minimum Gasteiger partial charge on any atom is -0.378 e. The minimum absolute atomic E-state index is 0.370. The van der Waals surface area contributed by atoms with Gasteiger partial charge in [-0.25, -0.2) is 0 Å². The van der Waals surface area contributed by atoms with Gasteiger partial charge in [0.2, 0.25) is 0 Å². The average Bonchev–Trinajstić information content (AvgIpc) is 2.84. The van der Waals surface area contributed by atoms with Crippen LogP contribution in [0.3, 0.4) is 0 Å². The van der Waals surface area contributed by atoms with Crippen LogP contribution in [0.1, 0.15) is 43.9 Å². The van der Waals surface area contributed by atoms with Crippen molar-refractivity contribution >= 4 is 0 Å². The molecule has 0 bridgehead atoms. The Morgan fingerprint density at radius 3 is 2.94 bits per heavy atom. The summed E-state index contributed by atoms with van der Waals surface area (Å²) < 4.78 is 5.83. The van der Waals surface area contributed by atoms with Gasteiger partial charge in [0, 0.05) is 31.0 Å². The van der Waals surface area contributed by atoms with Gasteiger partial charge in [-0.15, -0.1) is 0 Å². The van der Waals surface area contributed by atoms with E-state index in [9.17, 15) is 0 Å². The molecule has 3 nitrogen and oxygen atoms in total. The number of aryl methyl sites for hydroxylation is 1. The van der Waals surface area contributed by atoms with Gasteiger partial charge >= 0.3 is 0 Å². The van der Waals surface area contributed by atoms with E-state index in [2.05, 4.69) is 37.1 Å². The third kappa shape index (κ3) is 2.90. The van der Waals surface area contributed by atoms with Gasteiger partial charge in [0.05, 0.1) is 6.10 Å². The fraction of sp³-hybridized carbons (Fsp3) is 0.667. The van der Waals surface area contributed by atoms with Crippen molar-refractivity contribution in [2.24, 2.45) is 5.92 Å². The summed E-state index contributed by atoms with van der Waals surface area (Å²) in [6.07, 6.45) is 6.52. The van der Waals surface area contributed by atoms with E-state index in [0.717, 1.165) is 26.0 Å². The quantitative estimate of drug-likeness (QED) is 0.870. The molecule has 0 aliphatic carbocycles. The summed E-state index contributed by atoms with van der Waals surface area (Å²) in [4.78, 5) is 4.33. The number of pyridine rings is 1. The second kappa shape index (κ2) is 6.30. The first-order valence-corrected chi connectivity index (χ1v) is 7.02. The van der Waals surface area contributed by atoms with Gasteiger partial charge in [-0.05, 0) is 37.4 Å². The molecule has 18 heavy (non-hydrogen) atoms. The molecule has 0 spiro atoms. The number of nitrogens with one attached hydrogen (secondary N) is 1. The molecule has 1 saturated heterocycles. The van der Waals surface area contributed by atoms with Crippen molar-refractivity contribution in [3.63, 3.8) is 0 Å². The maximum atomic E-state index is 5.83. The van der Waals surface area contributed by atoms with Crippen LogP contribution >= 0.6 is 0 Å². The van der Waals surface area contributed by atoms with E-state index in [0.29, 0.717) is 18.1 Å². The molecule has 0 aromatic carbocycles. The summed E-state index contributed by atoms with van der Waals surface area (Å²) in [6.45, 7) is 8.34. The van der Waals surface area contributed by atoms with Crippen molar-refractivity contribution in [1.29, 1.82) is 0 Å². The molecule has 100 valence electrons. The van der Waals surface area contributed by atoms with Crippen LogP contribution in [0, 0.1) is 12.8 Å². The maximum absolute atomic E-state index is 5.83. The molecule has 2 heterocycles. The molecular formula is C15H24N2O. The van der Waals surface area contributed by atoms with Crippen LogP contribution in [-0.2, 0) is 4.74 Å². The van der Waals surface area contributed by atoms with E-state index in [1.54, 1.807) is 0 Å². The summed E-state index contributed by atoms with van der Waals surface area (Å²) in [7, 11) is 0. The molecule has 0 amide bonds. The normalized spacial score (nSPS) is 25.3. The van der Waals surface area contributed by atoms with E-state index in [1.165, 1.54) is 11.1 Å². The molecule has 1 aromatic rings. The summed E-state index contributed by atoms with van der Waals surface area (Å²) in [5.41, 5.74) is 2.52. The second-order valence-electron chi connectivity index (χ2n) is 5.10. The van der Waals surface area contributed by atoms with E-state index in [1.807, 2.05) is 12.4 Å². The monoisotopic (exact) mass is 248 g/mol. The molecular weight excluding hydrogens is 224 g/mol. The van der Waals surface area contributed by atoms with Crippen LogP contribution in [0.2, 0.25) is 0 Å². The molecule has 0 radical (unpaired) electrons. The Bertz CT molecular complexity index is 381. The number of hydrogen-bond acceptors (Lipinski definition) is 3. The molecule has 1 aliphatic rings. The summed E-state index contributed by atoms with van der Waals surface area (Å²) in [6, 6.07) is 2.61. The lowest BCUT2D eigenvalue weighted by molar-refractivity contribution is 0.0775. The Morgan fingerprint density at radius 1 is 1.44 bits per heavy atom.